The molecular weight excluding hydrogens is 659 g/mol. The number of Topliss-reactive ketones (excluding diaryl/α,β-unsaturated/α-hetero) is 1. The molecule has 268 valence electrons. The van der Waals surface area contributed by atoms with Gasteiger partial charge in [-0.05, 0) is 67.9 Å². The van der Waals surface area contributed by atoms with E-state index in [9.17, 15) is 24.0 Å². The first-order valence-electron chi connectivity index (χ1n) is 16.9. The Labute approximate surface area is 297 Å². The van der Waals surface area contributed by atoms with E-state index in [-0.39, 0.29) is 42.2 Å². The Balaban J connectivity index is 1.47. The van der Waals surface area contributed by atoms with Crippen molar-refractivity contribution in [3.05, 3.63) is 65.3 Å². The molecule has 4 rings (SSSR count). The molecule has 1 fully saturated rings. The molecule has 1 aromatic heterocycles. The van der Waals surface area contributed by atoms with Gasteiger partial charge in [0.15, 0.2) is 11.6 Å². The number of ketones is 1. The average molecular weight is 706 g/mol. The van der Waals surface area contributed by atoms with Crippen LogP contribution in [0.2, 0.25) is 0 Å². The third-order valence-electron chi connectivity index (χ3n) is 8.40. The molecule has 3 aromatic rings. The molecular formula is C37H47N5O7S. The summed E-state index contributed by atoms with van der Waals surface area (Å²) in [5.41, 5.74) is 2.03. The summed E-state index contributed by atoms with van der Waals surface area (Å²) < 4.78 is 10.7. The summed E-state index contributed by atoms with van der Waals surface area (Å²) in [6.07, 6.45) is 2.54. The number of amides is 4. The second-order valence-electron chi connectivity index (χ2n) is 13.3. The van der Waals surface area contributed by atoms with Crippen molar-refractivity contribution >= 4 is 40.7 Å². The second-order valence-corrected chi connectivity index (χ2v) is 14.3. The number of methoxy groups -OCH3 is 1. The summed E-state index contributed by atoms with van der Waals surface area (Å²) in [7, 11) is 1.55. The predicted octanol–water partition coefficient (Wildman–Crippen LogP) is 4.07. The Bertz CT molecular complexity index is 1640. The van der Waals surface area contributed by atoms with Crippen molar-refractivity contribution in [3.63, 3.8) is 0 Å². The van der Waals surface area contributed by atoms with Crippen LogP contribution in [0.5, 0.6) is 11.5 Å². The molecule has 1 aliphatic rings. The molecule has 12 nitrogen and oxygen atoms in total. The van der Waals surface area contributed by atoms with E-state index in [1.165, 1.54) is 11.3 Å². The van der Waals surface area contributed by atoms with E-state index < -0.39 is 47.5 Å². The number of nitrogens with zero attached hydrogens (tertiary/aromatic N) is 1. The third-order valence-corrected chi connectivity index (χ3v) is 9.46. The molecule has 0 bridgehead atoms. The molecule has 50 heavy (non-hydrogen) atoms. The van der Waals surface area contributed by atoms with E-state index in [1.807, 2.05) is 45.0 Å². The normalized spacial score (nSPS) is 15.9. The van der Waals surface area contributed by atoms with E-state index in [2.05, 4.69) is 26.3 Å². The van der Waals surface area contributed by atoms with Crippen molar-refractivity contribution in [1.82, 2.24) is 26.3 Å². The first kappa shape index (κ1) is 38.0. The number of ether oxygens (including phenoxy) is 2. The van der Waals surface area contributed by atoms with Gasteiger partial charge in [0.2, 0.25) is 23.5 Å². The van der Waals surface area contributed by atoms with Crippen molar-refractivity contribution in [1.29, 1.82) is 0 Å². The number of thiazole rings is 1. The summed E-state index contributed by atoms with van der Waals surface area (Å²) in [5, 5.41) is 11.4. The molecule has 0 aliphatic carbocycles. The van der Waals surface area contributed by atoms with Crippen LogP contribution in [0.15, 0.2) is 54.7 Å². The summed E-state index contributed by atoms with van der Waals surface area (Å²) in [6.45, 7) is 9.56. The zero-order valence-corrected chi connectivity index (χ0v) is 30.2. The van der Waals surface area contributed by atoms with Gasteiger partial charge in [0, 0.05) is 18.7 Å². The fraction of sp³-hybridized carbons (Fsp3) is 0.459. The van der Waals surface area contributed by atoms with Crippen LogP contribution in [-0.4, -0.2) is 72.8 Å². The quantitative estimate of drug-likeness (QED) is 0.153. The Kier molecular flexibility index (Phi) is 13.5. The monoisotopic (exact) mass is 705 g/mol. The topological polar surface area (TPSA) is 165 Å². The lowest BCUT2D eigenvalue weighted by Gasteiger charge is -2.27. The maximum atomic E-state index is 13.9. The third kappa shape index (κ3) is 10.6. The number of rotatable bonds is 17. The van der Waals surface area contributed by atoms with Gasteiger partial charge in [-0.25, -0.2) is 4.98 Å². The van der Waals surface area contributed by atoms with Crippen molar-refractivity contribution < 1.29 is 33.4 Å². The van der Waals surface area contributed by atoms with E-state index in [0.29, 0.717) is 24.5 Å². The SMILES string of the molecule is COc1ccc(OCC(=O)N[C@@H](C(=O)N[C@H](CC(C)C)C(=O)N[C@H](C[C@H]2CCNC2=O)C(=O)c2ncc(-c3ccc(C)cc3)s2)C(C)C)cc1. The van der Waals surface area contributed by atoms with Crippen LogP contribution in [0.25, 0.3) is 10.4 Å². The highest BCUT2D eigenvalue weighted by Crippen LogP contribution is 2.28. The maximum Gasteiger partial charge on any atom is 0.258 e. The molecule has 4 atom stereocenters. The molecule has 4 amide bonds. The van der Waals surface area contributed by atoms with Crippen molar-refractivity contribution in [2.24, 2.45) is 17.8 Å². The van der Waals surface area contributed by atoms with Crippen LogP contribution >= 0.6 is 11.3 Å². The predicted molar refractivity (Wildman–Crippen MR) is 191 cm³/mol. The molecule has 1 saturated heterocycles. The number of carbonyl (C=O) groups excluding carboxylic acids is 5. The summed E-state index contributed by atoms with van der Waals surface area (Å²) in [5.74, 6) is -1.84. The second kappa shape index (κ2) is 17.7. The minimum atomic E-state index is -1.05. The first-order chi connectivity index (χ1) is 23.8. The summed E-state index contributed by atoms with van der Waals surface area (Å²) in [4.78, 5) is 71.9. The van der Waals surface area contributed by atoms with Crippen LogP contribution in [0.4, 0.5) is 0 Å². The molecule has 0 radical (unpaired) electrons. The zero-order valence-electron chi connectivity index (χ0n) is 29.4. The minimum absolute atomic E-state index is 0.00169. The van der Waals surface area contributed by atoms with E-state index in [1.54, 1.807) is 51.4 Å². The number of aryl methyl sites for hydroxylation is 1. The standard InChI is InChI=1S/C37H47N5O7S/c1-21(2)17-29(41-36(47)32(22(3)4)42-31(43)20-49-27-13-11-26(48-6)12-14-27)35(46)40-28(18-25-15-16-38-34(25)45)33(44)37-39-19-30(50-37)24-9-7-23(5)8-10-24/h7-14,19,21-22,25,28-29,32H,15-18,20H2,1-6H3,(H,38,45)(H,40,46)(H,41,47)(H,42,43)/t25-,28-,29-,32-/m1/s1. The zero-order chi connectivity index (χ0) is 36.4. The van der Waals surface area contributed by atoms with Gasteiger partial charge in [0.05, 0.1) is 18.0 Å². The summed E-state index contributed by atoms with van der Waals surface area (Å²) >= 11 is 1.22. The lowest BCUT2D eigenvalue weighted by molar-refractivity contribution is -0.134. The molecule has 0 spiro atoms. The van der Waals surface area contributed by atoms with Gasteiger partial charge < -0.3 is 30.7 Å². The van der Waals surface area contributed by atoms with Gasteiger partial charge in [-0.1, -0.05) is 57.5 Å². The van der Waals surface area contributed by atoms with Gasteiger partial charge >= 0.3 is 0 Å². The highest BCUT2D eigenvalue weighted by atomic mass is 32.1. The van der Waals surface area contributed by atoms with Gasteiger partial charge in [-0.2, -0.15) is 0 Å². The Hall–Kier alpha value is -4.78. The molecule has 2 heterocycles. The fourth-order valence-electron chi connectivity index (χ4n) is 5.58. The van der Waals surface area contributed by atoms with Gasteiger partial charge in [-0.3, -0.25) is 24.0 Å². The van der Waals surface area contributed by atoms with Crippen LogP contribution in [0.1, 0.15) is 62.3 Å². The minimum Gasteiger partial charge on any atom is -0.497 e. The van der Waals surface area contributed by atoms with Crippen LogP contribution in [0, 0.1) is 24.7 Å². The van der Waals surface area contributed by atoms with Crippen molar-refractivity contribution in [2.75, 3.05) is 20.3 Å². The van der Waals surface area contributed by atoms with Crippen LogP contribution in [0.3, 0.4) is 0 Å². The van der Waals surface area contributed by atoms with Gasteiger partial charge in [0.1, 0.15) is 23.6 Å². The highest BCUT2D eigenvalue weighted by Gasteiger charge is 2.36. The molecule has 0 saturated carbocycles. The average Bonchev–Trinajstić information content (AvgIpc) is 3.74. The number of hydrogen-bond donors (Lipinski definition) is 4. The maximum absolute atomic E-state index is 13.9. The lowest BCUT2D eigenvalue weighted by atomic mass is 9.95. The Morgan fingerprint density at radius 2 is 1.58 bits per heavy atom. The Morgan fingerprint density at radius 3 is 2.18 bits per heavy atom. The van der Waals surface area contributed by atoms with E-state index in [4.69, 9.17) is 9.47 Å². The van der Waals surface area contributed by atoms with E-state index >= 15 is 0 Å². The number of benzene rings is 2. The smallest absolute Gasteiger partial charge is 0.258 e. The van der Waals surface area contributed by atoms with Gasteiger partial charge in [-0.15, -0.1) is 11.3 Å². The van der Waals surface area contributed by atoms with Crippen molar-refractivity contribution in [3.8, 4) is 21.9 Å². The molecule has 0 unspecified atom stereocenters. The molecule has 1 aliphatic heterocycles. The van der Waals surface area contributed by atoms with Crippen LogP contribution in [-0.2, 0) is 19.2 Å². The van der Waals surface area contributed by atoms with Gasteiger partial charge in [0.25, 0.3) is 5.91 Å². The Morgan fingerprint density at radius 1 is 0.920 bits per heavy atom. The number of carbonyl (C=O) groups is 5. The summed E-state index contributed by atoms with van der Waals surface area (Å²) in [6, 6.07) is 11.6. The highest BCUT2D eigenvalue weighted by molar-refractivity contribution is 7.17. The molecule has 2 aromatic carbocycles. The first-order valence-corrected chi connectivity index (χ1v) is 17.7. The number of aromatic nitrogens is 1. The number of nitrogens with one attached hydrogen (secondary N) is 4. The molecule has 13 heteroatoms. The van der Waals surface area contributed by atoms with Crippen molar-refractivity contribution in [2.45, 2.75) is 72.0 Å². The largest absolute Gasteiger partial charge is 0.497 e. The van der Waals surface area contributed by atoms with E-state index in [0.717, 1.165) is 16.0 Å². The number of hydrogen-bond acceptors (Lipinski definition) is 9. The fourth-order valence-corrected chi connectivity index (χ4v) is 6.50. The molecule has 4 N–H and O–H groups in total. The lowest BCUT2D eigenvalue weighted by Crippen LogP contribution is -2.57. The van der Waals surface area contributed by atoms with Crippen LogP contribution < -0.4 is 30.7 Å².